The lowest BCUT2D eigenvalue weighted by Gasteiger charge is -2.39. The van der Waals surface area contributed by atoms with Gasteiger partial charge in [0.05, 0.1) is 12.8 Å². The number of hydrogen-bond acceptors (Lipinski definition) is 6. The molecule has 194 valence electrons. The van der Waals surface area contributed by atoms with Crippen LogP contribution in [-0.2, 0) is 20.9 Å². The van der Waals surface area contributed by atoms with E-state index in [1.54, 1.807) is 13.2 Å². The van der Waals surface area contributed by atoms with Gasteiger partial charge in [0.15, 0.2) is 0 Å². The van der Waals surface area contributed by atoms with Gasteiger partial charge < -0.3 is 24.7 Å². The van der Waals surface area contributed by atoms with E-state index in [2.05, 4.69) is 11.0 Å². The van der Waals surface area contributed by atoms with Crippen LogP contribution in [0.2, 0.25) is 0 Å². The molecule has 9 nitrogen and oxygen atoms in total. The number of amides is 1. The Labute approximate surface area is 209 Å². The van der Waals surface area contributed by atoms with Crippen LogP contribution in [0.1, 0.15) is 18.4 Å². The van der Waals surface area contributed by atoms with Crippen molar-refractivity contribution in [2.45, 2.75) is 19.4 Å². The monoisotopic (exact) mass is 501 g/mol. The fraction of sp³-hybridized carbons (Fsp3) is 0.423. The summed E-state index contributed by atoms with van der Waals surface area (Å²) in [4.78, 5) is 37.6. The maximum Gasteiger partial charge on any atom is 0.414 e. The maximum absolute atomic E-state index is 14.0. The Kier molecular flexibility index (Phi) is 9.63. The smallest absolute Gasteiger partial charge is 0.414 e. The van der Waals surface area contributed by atoms with E-state index in [0.29, 0.717) is 31.9 Å². The average Bonchev–Trinajstić information content (AvgIpc) is 2.90. The number of methoxy groups -OCH3 is 1. The molecule has 2 aromatic rings. The molecule has 10 heteroatoms. The Balaban J connectivity index is 0.000000538. The van der Waals surface area contributed by atoms with Crippen LogP contribution in [0, 0.1) is 11.7 Å². The van der Waals surface area contributed by atoms with Crippen molar-refractivity contribution in [1.82, 2.24) is 9.80 Å². The number of likely N-dealkylation sites (tertiary alicyclic amines) is 1. The summed E-state index contributed by atoms with van der Waals surface area (Å²) < 4.78 is 19.5. The summed E-state index contributed by atoms with van der Waals surface area (Å²) in [6.45, 7) is 5.38. The number of benzene rings is 2. The number of piperidine rings is 1. The molecule has 1 amide bonds. The highest BCUT2D eigenvalue weighted by atomic mass is 19.1. The van der Waals surface area contributed by atoms with E-state index in [0.717, 1.165) is 38.2 Å². The number of nitrogens with zero attached hydrogens (tertiary/aromatic N) is 3. The summed E-state index contributed by atoms with van der Waals surface area (Å²) in [5.74, 6) is -2.56. The van der Waals surface area contributed by atoms with Gasteiger partial charge in [0.1, 0.15) is 11.6 Å². The number of para-hydroxylation sites is 2. The first-order valence-electron chi connectivity index (χ1n) is 11.9. The SMILES string of the molecule is COc1ccccc1CN1CCC(C(=O)N2CCN(c3ccccc3F)CC2)CC1.O=C(O)C(=O)O. The van der Waals surface area contributed by atoms with Gasteiger partial charge in [-0.25, -0.2) is 14.0 Å². The zero-order valence-electron chi connectivity index (χ0n) is 20.3. The molecule has 2 aliphatic rings. The molecule has 0 unspecified atom stereocenters. The van der Waals surface area contributed by atoms with Gasteiger partial charge in [0, 0.05) is 44.2 Å². The first-order chi connectivity index (χ1) is 17.3. The second kappa shape index (κ2) is 12.9. The predicted octanol–water partition coefficient (Wildman–Crippen LogP) is 2.55. The van der Waals surface area contributed by atoms with Gasteiger partial charge in [-0.3, -0.25) is 9.69 Å². The Morgan fingerprint density at radius 2 is 1.47 bits per heavy atom. The second-order valence-corrected chi connectivity index (χ2v) is 8.74. The molecule has 0 bridgehead atoms. The molecular formula is C26H32FN3O6. The van der Waals surface area contributed by atoms with E-state index >= 15 is 0 Å². The number of carboxylic acids is 2. The number of hydrogen-bond donors (Lipinski definition) is 2. The number of carboxylic acid groups (broad SMARTS) is 2. The van der Waals surface area contributed by atoms with Gasteiger partial charge in [-0.15, -0.1) is 0 Å². The van der Waals surface area contributed by atoms with Crippen molar-refractivity contribution >= 4 is 23.5 Å². The van der Waals surface area contributed by atoms with E-state index in [-0.39, 0.29) is 17.6 Å². The van der Waals surface area contributed by atoms with Crippen LogP contribution in [0.4, 0.5) is 10.1 Å². The number of halogens is 1. The fourth-order valence-electron chi connectivity index (χ4n) is 4.55. The first-order valence-corrected chi connectivity index (χ1v) is 11.9. The van der Waals surface area contributed by atoms with Crippen LogP contribution in [0.5, 0.6) is 5.75 Å². The number of carbonyl (C=O) groups is 3. The number of piperazine rings is 1. The van der Waals surface area contributed by atoms with Crippen LogP contribution in [-0.4, -0.2) is 84.2 Å². The largest absolute Gasteiger partial charge is 0.496 e. The van der Waals surface area contributed by atoms with Crippen molar-refractivity contribution in [2.75, 3.05) is 51.3 Å². The van der Waals surface area contributed by atoms with Gasteiger partial charge in [-0.05, 0) is 44.1 Å². The van der Waals surface area contributed by atoms with Crippen molar-refractivity contribution in [3.63, 3.8) is 0 Å². The maximum atomic E-state index is 14.0. The number of carbonyl (C=O) groups excluding carboxylic acids is 1. The van der Waals surface area contributed by atoms with E-state index < -0.39 is 11.9 Å². The number of aliphatic carboxylic acids is 2. The van der Waals surface area contributed by atoms with E-state index in [9.17, 15) is 9.18 Å². The normalized spacial score (nSPS) is 16.6. The molecule has 2 heterocycles. The molecule has 36 heavy (non-hydrogen) atoms. The van der Waals surface area contributed by atoms with Gasteiger partial charge in [0.25, 0.3) is 0 Å². The molecule has 2 aliphatic heterocycles. The Hall–Kier alpha value is -3.66. The standard InChI is InChI=1S/C24H30FN3O2.C2H2O4/c1-30-23-9-5-2-6-20(23)18-26-12-10-19(11-13-26)24(29)28-16-14-27(15-17-28)22-8-4-3-7-21(22)25;3-1(4)2(5)6/h2-9,19H,10-18H2,1H3;(H,3,4)(H,5,6). The van der Waals surface area contributed by atoms with Crippen LogP contribution < -0.4 is 9.64 Å². The van der Waals surface area contributed by atoms with Gasteiger partial charge >= 0.3 is 11.9 Å². The molecule has 2 saturated heterocycles. The minimum absolute atomic E-state index is 0.0962. The zero-order valence-corrected chi connectivity index (χ0v) is 20.3. The van der Waals surface area contributed by atoms with Crippen LogP contribution in [0.15, 0.2) is 48.5 Å². The second-order valence-electron chi connectivity index (χ2n) is 8.74. The molecule has 4 rings (SSSR count). The Morgan fingerprint density at radius 3 is 2.06 bits per heavy atom. The molecule has 2 N–H and O–H groups in total. The summed E-state index contributed by atoms with van der Waals surface area (Å²) in [7, 11) is 1.70. The molecule has 0 aliphatic carbocycles. The molecule has 0 radical (unpaired) electrons. The average molecular weight is 502 g/mol. The Bertz CT molecular complexity index is 1040. The van der Waals surface area contributed by atoms with E-state index in [4.69, 9.17) is 24.5 Å². The summed E-state index contributed by atoms with van der Waals surface area (Å²) >= 11 is 0. The van der Waals surface area contributed by atoms with Gasteiger partial charge in [0.2, 0.25) is 5.91 Å². The molecule has 0 aromatic heterocycles. The summed E-state index contributed by atoms with van der Waals surface area (Å²) in [6.07, 6.45) is 1.78. The number of anilines is 1. The minimum Gasteiger partial charge on any atom is -0.496 e. The lowest BCUT2D eigenvalue weighted by molar-refractivity contribution is -0.159. The van der Waals surface area contributed by atoms with Crippen molar-refractivity contribution in [1.29, 1.82) is 0 Å². The summed E-state index contributed by atoms with van der Waals surface area (Å²) in [5, 5.41) is 14.8. The predicted molar refractivity (Wildman–Crippen MR) is 131 cm³/mol. The van der Waals surface area contributed by atoms with Gasteiger partial charge in [-0.2, -0.15) is 0 Å². The molecule has 0 atom stereocenters. The zero-order chi connectivity index (χ0) is 26.1. The first kappa shape index (κ1) is 26.9. The van der Waals surface area contributed by atoms with Crippen molar-refractivity contribution in [3.8, 4) is 5.75 Å². The lowest BCUT2D eigenvalue weighted by atomic mass is 9.94. The van der Waals surface area contributed by atoms with Crippen molar-refractivity contribution in [2.24, 2.45) is 5.92 Å². The summed E-state index contributed by atoms with van der Waals surface area (Å²) in [5.41, 5.74) is 1.82. The third-order valence-corrected chi connectivity index (χ3v) is 6.49. The third kappa shape index (κ3) is 7.17. The van der Waals surface area contributed by atoms with Crippen LogP contribution >= 0.6 is 0 Å². The highest BCUT2D eigenvalue weighted by Crippen LogP contribution is 2.26. The highest BCUT2D eigenvalue weighted by Gasteiger charge is 2.31. The number of rotatable bonds is 5. The fourth-order valence-corrected chi connectivity index (χ4v) is 4.55. The molecular weight excluding hydrogens is 469 g/mol. The van der Waals surface area contributed by atoms with E-state index in [1.165, 1.54) is 11.6 Å². The van der Waals surface area contributed by atoms with Crippen LogP contribution in [0.25, 0.3) is 0 Å². The minimum atomic E-state index is -1.82. The number of ether oxygens (including phenoxy) is 1. The summed E-state index contributed by atoms with van der Waals surface area (Å²) in [6, 6.07) is 15.0. The highest BCUT2D eigenvalue weighted by molar-refractivity contribution is 6.27. The van der Waals surface area contributed by atoms with E-state index in [1.807, 2.05) is 40.1 Å². The molecule has 0 spiro atoms. The van der Waals surface area contributed by atoms with Crippen LogP contribution in [0.3, 0.4) is 0 Å². The quantitative estimate of drug-likeness (QED) is 0.602. The lowest BCUT2D eigenvalue weighted by Crippen LogP contribution is -2.51. The van der Waals surface area contributed by atoms with Crippen molar-refractivity contribution in [3.05, 3.63) is 59.9 Å². The molecule has 2 fully saturated rings. The topological polar surface area (TPSA) is 111 Å². The molecule has 2 aromatic carbocycles. The Morgan fingerprint density at radius 1 is 0.889 bits per heavy atom. The van der Waals surface area contributed by atoms with Crippen molar-refractivity contribution < 1.29 is 33.7 Å². The third-order valence-electron chi connectivity index (χ3n) is 6.49. The molecule has 0 saturated carbocycles. The van der Waals surface area contributed by atoms with Gasteiger partial charge in [-0.1, -0.05) is 30.3 Å².